The van der Waals surface area contributed by atoms with Crippen LogP contribution in [-0.4, -0.2) is 48.5 Å². The van der Waals surface area contributed by atoms with E-state index < -0.39 is 18.5 Å². The lowest BCUT2D eigenvalue weighted by Crippen LogP contribution is -2.28. The third kappa shape index (κ3) is 5.74. The average molecular weight is 429 g/mol. The molecular formula is C20H19N3O6S. The highest BCUT2D eigenvalue weighted by Crippen LogP contribution is 2.34. The van der Waals surface area contributed by atoms with Crippen LogP contribution in [0.5, 0.6) is 11.5 Å². The molecule has 2 aromatic rings. The van der Waals surface area contributed by atoms with Crippen LogP contribution in [0.25, 0.3) is 0 Å². The first-order chi connectivity index (χ1) is 14.6. The normalized spacial score (nSPS) is 11.5. The summed E-state index contributed by atoms with van der Waals surface area (Å²) in [4.78, 5) is 40.2. The predicted molar refractivity (Wildman–Crippen MR) is 110 cm³/mol. The van der Waals surface area contributed by atoms with E-state index in [2.05, 4.69) is 22.2 Å². The van der Waals surface area contributed by atoms with Crippen molar-refractivity contribution < 1.29 is 28.6 Å². The van der Waals surface area contributed by atoms with Gasteiger partial charge >= 0.3 is 5.97 Å². The molecular weight excluding hydrogens is 410 g/mol. The Hall–Kier alpha value is -3.53. The summed E-state index contributed by atoms with van der Waals surface area (Å²) in [5.74, 6) is -0.219. The number of amides is 2. The number of rotatable bonds is 9. The maximum atomic E-state index is 12.3. The molecule has 1 aliphatic rings. The third-order valence-corrected chi connectivity index (χ3v) is 4.77. The molecule has 10 heteroatoms. The molecule has 9 nitrogen and oxygen atoms in total. The van der Waals surface area contributed by atoms with Gasteiger partial charge in [-0.1, -0.05) is 17.8 Å². The van der Waals surface area contributed by atoms with Crippen molar-refractivity contribution in [2.75, 3.05) is 31.0 Å². The zero-order valence-electron chi connectivity index (χ0n) is 15.9. The fraction of sp³-hybridized carbons (Fsp3) is 0.200. The molecule has 3 rings (SSSR count). The molecule has 1 aliphatic heterocycles. The Morgan fingerprint density at radius 3 is 2.87 bits per heavy atom. The minimum absolute atomic E-state index is 0.0194. The number of carbonyl (C=O) groups is 3. The van der Waals surface area contributed by atoms with Gasteiger partial charge in [0.25, 0.3) is 5.91 Å². The van der Waals surface area contributed by atoms with Crippen molar-refractivity contribution in [3.63, 3.8) is 0 Å². The highest BCUT2D eigenvalue weighted by Gasteiger charge is 2.18. The average Bonchev–Trinajstić information content (AvgIpc) is 3.22. The number of nitrogens with one attached hydrogen (secondary N) is 2. The number of hydrogen-bond acceptors (Lipinski definition) is 8. The summed E-state index contributed by atoms with van der Waals surface area (Å²) >= 11 is 1.08. The monoisotopic (exact) mass is 429 g/mol. The number of thioether (sulfide) groups is 1. The molecule has 0 radical (unpaired) electrons. The lowest BCUT2D eigenvalue weighted by atomic mass is 10.3. The first kappa shape index (κ1) is 21.2. The molecule has 0 atom stereocenters. The second kappa shape index (κ2) is 10.3. The number of carbonyl (C=O) groups excluding carboxylic acids is 3. The van der Waals surface area contributed by atoms with E-state index in [1.54, 1.807) is 24.3 Å². The van der Waals surface area contributed by atoms with Gasteiger partial charge in [-0.25, -0.2) is 9.78 Å². The number of esters is 1. The van der Waals surface area contributed by atoms with Crippen molar-refractivity contribution >= 4 is 35.2 Å². The minimum Gasteiger partial charge on any atom is -0.454 e. The molecule has 2 amide bonds. The van der Waals surface area contributed by atoms with Crippen molar-refractivity contribution in [2.45, 2.75) is 5.03 Å². The second-order valence-electron chi connectivity index (χ2n) is 5.93. The summed E-state index contributed by atoms with van der Waals surface area (Å²) in [5.41, 5.74) is 0.742. The van der Waals surface area contributed by atoms with Crippen LogP contribution in [0.2, 0.25) is 0 Å². The number of anilines is 1. The van der Waals surface area contributed by atoms with E-state index in [1.165, 1.54) is 18.3 Å². The van der Waals surface area contributed by atoms with Crippen molar-refractivity contribution in [3.8, 4) is 11.5 Å². The van der Waals surface area contributed by atoms with Crippen molar-refractivity contribution in [2.24, 2.45) is 0 Å². The van der Waals surface area contributed by atoms with E-state index in [1.807, 2.05) is 0 Å². The number of aromatic nitrogens is 1. The van der Waals surface area contributed by atoms with E-state index in [0.717, 1.165) is 11.8 Å². The molecule has 0 saturated carbocycles. The number of pyridine rings is 1. The van der Waals surface area contributed by atoms with Gasteiger partial charge in [0.1, 0.15) is 5.03 Å². The van der Waals surface area contributed by atoms with Gasteiger partial charge in [-0.05, 0) is 24.3 Å². The molecule has 0 unspecified atom stereocenters. The molecule has 156 valence electrons. The van der Waals surface area contributed by atoms with E-state index in [0.29, 0.717) is 22.2 Å². The van der Waals surface area contributed by atoms with Crippen LogP contribution in [0, 0.1) is 0 Å². The number of benzene rings is 1. The molecule has 0 saturated heterocycles. The van der Waals surface area contributed by atoms with E-state index >= 15 is 0 Å². The number of hydrogen-bond donors (Lipinski definition) is 2. The largest absolute Gasteiger partial charge is 0.454 e. The Labute approximate surface area is 176 Å². The maximum Gasteiger partial charge on any atom is 0.341 e. The summed E-state index contributed by atoms with van der Waals surface area (Å²) in [5, 5.41) is 5.59. The predicted octanol–water partition coefficient (Wildman–Crippen LogP) is 2.00. The minimum atomic E-state index is -0.699. The molecule has 30 heavy (non-hydrogen) atoms. The number of nitrogens with zero attached hydrogens (tertiary/aromatic N) is 1. The molecule has 1 aromatic carbocycles. The van der Waals surface area contributed by atoms with Crippen molar-refractivity contribution in [1.29, 1.82) is 0 Å². The summed E-state index contributed by atoms with van der Waals surface area (Å²) < 4.78 is 15.5. The van der Waals surface area contributed by atoms with Gasteiger partial charge in [-0.15, -0.1) is 6.58 Å². The maximum absolute atomic E-state index is 12.3. The third-order valence-electron chi connectivity index (χ3n) is 3.77. The van der Waals surface area contributed by atoms with Gasteiger partial charge in [0.2, 0.25) is 12.7 Å². The van der Waals surface area contributed by atoms with Crippen LogP contribution in [0.4, 0.5) is 5.69 Å². The Morgan fingerprint density at radius 2 is 2.03 bits per heavy atom. The summed E-state index contributed by atoms with van der Waals surface area (Å²) in [6.45, 7) is 3.50. The smallest absolute Gasteiger partial charge is 0.341 e. The zero-order valence-corrected chi connectivity index (χ0v) is 16.7. The van der Waals surface area contributed by atoms with Gasteiger partial charge in [0.15, 0.2) is 18.1 Å². The van der Waals surface area contributed by atoms with Crippen molar-refractivity contribution in [3.05, 3.63) is 54.7 Å². The molecule has 0 spiro atoms. The van der Waals surface area contributed by atoms with Crippen LogP contribution in [0.3, 0.4) is 0 Å². The topological polar surface area (TPSA) is 116 Å². The summed E-state index contributed by atoms with van der Waals surface area (Å²) in [7, 11) is 0. The van der Waals surface area contributed by atoms with Crippen LogP contribution in [0.1, 0.15) is 10.4 Å². The fourth-order valence-corrected chi connectivity index (χ4v) is 3.19. The van der Waals surface area contributed by atoms with Crippen molar-refractivity contribution in [1.82, 2.24) is 10.3 Å². The van der Waals surface area contributed by atoms with Crippen LogP contribution < -0.4 is 20.1 Å². The SMILES string of the molecule is C=CCNC(=O)COC(=O)c1cccnc1SCC(=O)Nc1ccc2c(c1)OCO2. The van der Waals surface area contributed by atoms with Crippen LogP contribution in [0.15, 0.2) is 54.2 Å². The van der Waals surface area contributed by atoms with Gasteiger partial charge in [-0.2, -0.15) is 0 Å². The molecule has 0 aliphatic carbocycles. The van der Waals surface area contributed by atoms with Crippen LogP contribution >= 0.6 is 11.8 Å². The standard InChI is InChI=1S/C20H19N3O6S/c1-2-7-21-17(24)10-27-20(26)14-4-3-8-22-19(14)30-11-18(25)23-13-5-6-15-16(9-13)29-12-28-15/h2-6,8-9H,1,7,10-12H2,(H,21,24)(H,23,25). The highest BCUT2D eigenvalue weighted by atomic mass is 32.2. The number of ether oxygens (including phenoxy) is 3. The highest BCUT2D eigenvalue weighted by molar-refractivity contribution is 8.00. The lowest BCUT2D eigenvalue weighted by molar-refractivity contribution is -0.124. The van der Waals surface area contributed by atoms with E-state index in [4.69, 9.17) is 14.2 Å². The Kier molecular flexibility index (Phi) is 7.28. The fourth-order valence-electron chi connectivity index (χ4n) is 2.41. The first-order valence-electron chi connectivity index (χ1n) is 8.89. The van der Waals surface area contributed by atoms with Gasteiger partial charge in [0, 0.05) is 24.5 Å². The molecule has 0 fully saturated rings. The quantitative estimate of drug-likeness (QED) is 0.353. The lowest BCUT2D eigenvalue weighted by Gasteiger charge is -2.09. The second-order valence-corrected chi connectivity index (χ2v) is 6.89. The van der Waals surface area contributed by atoms with E-state index in [9.17, 15) is 14.4 Å². The Balaban J connectivity index is 1.54. The summed E-state index contributed by atoms with van der Waals surface area (Å²) in [6, 6.07) is 8.19. The van der Waals surface area contributed by atoms with Gasteiger partial charge in [0.05, 0.1) is 11.3 Å². The number of fused-ring (bicyclic) bond motifs is 1. The molecule has 0 bridgehead atoms. The Morgan fingerprint density at radius 1 is 1.20 bits per heavy atom. The molecule has 1 aromatic heterocycles. The first-order valence-corrected chi connectivity index (χ1v) is 9.87. The van der Waals surface area contributed by atoms with Gasteiger partial charge in [-0.3, -0.25) is 9.59 Å². The van der Waals surface area contributed by atoms with E-state index in [-0.39, 0.29) is 30.6 Å². The Bertz CT molecular complexity index is 965. The zero-order chi connectivity index (χ0) is 21.3. The molecule has 2 N–H and O–H groups in total. The van der Waals surface area contributed by atoms with Gasteiger partial charge < -0.3 is 24.8 Å². The summed E-state index contributed by atoms with van der Waals surface area (Å²) in [6.07, 6.45) is 3.02. The van der Waals surface area contributed by atoms with Crippen LogP contribution in [-0.2, 0) is 14.3 Å². The molecule has 2 heterocycles.